The number of pyridine rings is 2. The maximum Gasteiger partial charge on any atom is 0.276 e. The largest absolute Gasteiger partial charge is 0.503 e. The average molecular weight is 688 g/mol. The molecule has 2 aliphatic heterocycles. The van der Waals surface area contributed by atoms with Gasteiger partial charge in [-0.25, -0.2) is 13.8 Å². The third-order valence-electron chi connectivity index (χ3n) is 8.54. The number of phenolic OH excluding ortho intramolecular Hbond substituents is 1. The van der Waals surface area contributed by atoms with Crippen molar-refractivity contribution in [1.82, 2.24) is 19.8 Å². The fourth-order valence-electron chi connectivity index (χ4n) is 6.48. The van der Waals surface area contributed by atoms with Crippen molar-refractivity contribution in [3.63, 3.8) is 0 Å². The normalized spacial score (nSPS) is 19.7. The Bertz CT molecular complexity index is 1980. The zero-order valence-corrected chi connectivity index (χ0v) is 27.6. The Kier molecular flexibility index (Phi) is 9.10. The predicted octanol–water partition coefficient (Wildman–Crippen LogP) is 6.35. The maximum absolute atomic E-state index is 15.4. The first kappa shape index (κ1) is 33.9. The molecular weight excluding hydrogens is 656 g/mol. The highest BCUT2D eigenvalue weighted by molar-refractivity contribution is 6.37. The molecule has 1 amide bonds. The molecular formula is C33H31Cl2F3N6O3. The fourth-order valence-corrected chi connectivity index (χ4v) is 6.98. The Morgan fingerprint density at radius 1 is 1.19 bits per heavy atom. The van der Waals surface area contributed by atoms with Gasteiger partial charge in [0.1, 0.15) is 17.3 Å². The van der Waals surface area contributed by atoms with Crippen molar-refractivity contribution in [1.29, 1.82) is 5.26 Å². The Morgan fingerprint density at radius 3 is 2.40 bits per heavy atom. The zero-order valence-electron chi connectivity index (χ0n) is 26.1. The van der Waals surface area contributed by atoms with E-state index >= 15 is 4.39 Å². The Balaban J connectivity index is 1.92. The van der Waals surface area contributed by atoms with Gasteiger partial charge in [-0.15, -0.1) is 0 Å². The van der Waals surface area contributed by atoms with Crippen molar-refractivity contribution < 1.29 is 23.1 Å². The molecule has 2 N–H and O–H groups in total. The van der Waals surface area contributed by atoms with Crippen molar-refractivity contribution >= 4 is 51.5 Å². The Hall–Kier alpha value is -4.47. The number of nitrogens with zero attached hydrogens (tertiary/aromatic N) is 5. The van der Waals surface area contributed by atoms with Crippen LogP contribution in [0, 0.1) is 34.7 Å². The summed E-state index contributed by atoms with van der Waals surface area (Å²) in [6, 6.07) is 2.24. The molecule has 3 aromatic rings. The number of hydrogen-bond donors (Lipinski definition) is 2. The number of nitriles is 1. The highest BCUT2D eigenvalue weighted by atomic mass is 35.5. The first-order chi connectivity index (χ1) is 22.2. The van der Waals surface area contributed by atoms with E-state index in [1.165, 1.54) is 16.7 Å². The highest BCUT2D eigenvalue weighted by Crippen LogP contribution is 2.44. The minimum absolute atomic E-state index is 0.0731. The SMILES string of the molecule is C=CC(=O)N1[C@H](C)CN(c2c(C#N)c(=O)n(C3=C(C)C=CN[C@@H]3C(C)C)c3nc(-c4c(F)c(O)c(F)c(F)c4Cl)c(Cl)cc23)C[C@@H]1C. The van der Waals surface area contributed by atoms with Crippen LogP contribution >= 0.6 is 23.2 Å². The van der Waals surface area contributed by atoms with Gasteiger partial charge in [-0.1, -0.05) is 43.6 Å². The highest BCUT2D eigenvalue weighted by Gasteiger charge is 2.37. The van der Waals surface area contributed by atoms with Crippen LogP contribution in [0.4, 0.5) is 18.9 Å². The first-order valence-corrected chi connectivity index (χ1v) is 15.5. The summed E-state index contributed by atoms with van der Waals surface area (Å²) in [7, 11) is 0. The van der Waals surface area contributed by atoms with E-state index in [-0.39, 0.29) is 64.3 Å². The van der Waals surface area contributed by atoms with E-state index < -0.39 is 51.1 Å². The van der Waals surface area contributed by atoms with Gasteiger partial charge in [0.05, 0.1) is 38.7 Å². The number of fused-ring (bicyclic) bond motifs is 1. The van der Waals surface area contributed by atoms with Gasteiger partial charge in [0.15, 0.2) is 17.4 Å². The molecule has 0 aliphatic carbocycles. The lowest BCUT2D eigenvalue weighted by molar-refractivity contribution is -0.130. The van der Waals surface area contributed by atoms with Gasteiger partial charge in [-0.2, -0.15) is 9.65 Å². The van der Waals surface area contributed by atoms with Gasteiger partial charge in [-0.05, 0) is 56.7 Å². The number of aromatic hydroxyl groups is 1. The molecule has 0 unspecified atom stereocenters. The number of carbonyl (C=O) groups excluding carboxylic acids is 1. The van der Waals surface area contributed by atoms with Crippen LogP contribution in [0.25, 0.3) is 28.0 Å². The van der Waals surface area contributed by atoms with Crippen LogP contribution in [0.5, 0.6) is 5.75 Å². The lowest BCUT2D eigenvalue weighted by atomic mass is 9.94. The number of phenols is 1. The number of anilines is 1. The molecule has 14 heteroatoms. The molecule has 0 radical (unpaired) electrons. The number of benzene rings is 1. The molecule has 9 nitrogen and oxygen atoms in total. The maximum atomic E-state index is 15.4. The number of halogens is 5. The summed E-state index contributed by atoms with van der Waals surface area (Å²) in [5.74, 6) is -7.17. The zero-order chi connectivity index (χ0) is 34.6. The smallest absolute Gasteiger partial charge is 0.276 e. The molecule has 1 aromatic carbocycles. The molecule has 1 saturated heterocycles. The summed E-state index contributed by atoms with van der Waals surface area (Å²) in [5, 5.41) is 22.7. The van der Waals surface area contributed by atoms with Crippen LogP contribution in [-0.2, 0) is 4.79 Å². The molecule has 2 aromatic heterocycles. The van der Waals surface area contributed by atoms with E-state index in [9.17, 15) is 28.7 Å². The van der Waals surface area contributed by atoms with Crippen LogP contribution in [0.3, 0.4) is 0 Å². The summed E-state index contributed by atoms with van der Waals surface area (Å²) in [5.41, 5.74) is -1.03. The van der Waals surface area contributed by atoms with Gasteiger partial charge in [0, 0.05) is 30.6 Å². The first-order valence-electron chi connectivity index (χ1n) is 14.7. The van der Waals surface area contributed by atoms with Gasteiger partial charge in [-0.3, -0.25) is 14.2 Å². The molecule has 1 fully saturated rings. The second-order valence-corrected chi connectivity index (χ2v) is 12.8. The van der Waals surface area contributed by atoms with Crippen molar-refractivity contribution in [2.24, 2.45) is 5.92 Å². The molecule has 2 aliphatic rings. The molecule has 3 atom stereocenters. The van der Waals surface area contributed by atoms with Gasteiger partial charge >= 0.3 is 0 Å². The predicted molar refractivity (Wildman–Crippen MR) is 176 cm³/mol. The number of amides is 1. The number of nitrogens with one attached hydrogen (secondary N) is 1. The topological polar surface area (TPSA) is 114 Å². The lowest BCUT2D eigenvalue weighted by Crippen LogP contribution is -2.58. The molecule has 0 saturated carbocycles. The van der Waals surface area contributed by atoms with Gasteiger partial charge in [0.25, 0.3) is 5.56 Å². The minimum atomic E-state index is -1.89. The summed E-state index contributed by atoms with van der Waals surface area (Å²) in [6.45, 7) is 13.3. The van der Waals surface area contributed by atoms with Gasteiger partial charge in [0.2, 0.25) is 11.7 Å². The van der Waals surface area contributed by atoms with Crippen LogP contribution in [0.2, 0.25) is 10.0 Å². The number of carbonyl (C=O) groups is 1. The lowest BCUT2D eigenvalue weighted by Gasteiger charge is -2.45. The van der Waals surface area contributed by atoms with Crippen LogP contribution in [-0.4, -0.2) is 56.7 Å². The monoisotopic (exact) mass is 686 g/mol. The minimum Gasteiger partial charge on any atom is -0.503 e. The third kappa shape index (κ3) is 5.41. The Morgan fingerprint density at radius 2 is 1.83 bits per heavy atom. The molecule has 0 spiro atoms. The molecule has 4 heterocycles. The van der Waals surface area contributed by atoms with Crippen molar-refractivity contribution in [2.45, 2.75) is 52.7 Å². The molecule has 246 valence electrons. The second kappa shape index (κ2) is 12.6. The van der Waals surface area contributed by atoms with E-state index in [1.807, 2.05) is 27.7 Å². The summed E-state index contributed by atoms with van der Waals surface area (Å²) >= 11 is 12.8. The standard InChI is InChI=1S/C33H31Cl2F3N6O3/c1-7-21(45)43-16(5)12-42(13-17(43)6)30-18-10-20(34)28(22-23(35)25(37)26(38)31(46)24(22)36)41-32(18)44(33(47)19(30)11-39)29-15(4)8-9-40-27(29)14(2)3/h7-10,14,16-17,27,40,46H,1,12-13H2,2-6H3/t16-,17+,27-/m1/s1. The summed E-state index contributed by atoms with van der Waals surface area (Å²) < 4.78 is 45.6. The molecule has 5 rings (SSSR count). The van der Waals surface area contributed by atoms with Crippen molar-refractivity contribution in [2.75, 3.05) is 18.0 Å². The van der Waals surface area contributed by atoms with Crippen molar-refractivity contribution in [3.05, 3.63) is 80.0 Å². The van der Waals surface area contributed by atoms with Crippen molar-refractivity contribution in [3.8, 4) is 23.1 Å². The fraction of sp³-hybridized carbons (Fsp3) is 0.333. The number of aromatic nitrogens is 2. The Labute approximate surface area is 278 Å². The third-order valence-corrected chi connectivity index (χ3v) is 9.19. The van der Waals surface area contributed by atoms with E-state index in [1.54, 1.807) is 29.0 Å². The number of hydrogen-bond acceptors (Lipinski definition) is 7. The average Bonchev–Trinajstić information content (AvgIpc) is 3.02. The van der Waals surface area contributed by atoms with Crippen LogP contribution in [0.1, 0.15) is 40.2 Å². The van der Waals surface area contributed by atoms with Gasteiger partial charge < -0.3 is 20.2 Å². The number of piperazine rings is 1. The van der Waals surface area contributed by atoms with Crippen LogP contribution in [0.15, 0.2) is 41.4 Å². The number of rotatable bonds is 5. The molecule has 47 heavy (non-hydrogen) atoms. The van der Waals surface area contributed by atoms with E-state index in [0.29, 0.717) is 11.3 Å². The van der Waals surface area contributed by atoms with E-state index in [0.717, 1.165) is 0 Å². The van der Waals surface area contributed by atoms with E-state index in [2.05, 4.69) is 22.9 Å². The quantitative estimate of drug-likeness (QED) is 0.183. The summed E-state index contributed by atoms with van der Waals surface area (Å²) in [4.78, 5) is 35.2. The molecule has 0 bridgehead atoms. The van der Waals surface area contributed by atoms with E-state index in [4.69, 9.17) is 23.2 Å². The summed E-state index contributed by atoms with van der Waals surface area (Å²) in [6.07, 6.45) is 4.70. The number of dihydropyridines is 1. The second-order valence-electron chi connectivity index (χ2n) is 12.0. The number of allylic oxidation sites excluding steroid dienone is 2. The van der Waals surface area contributed by atoms with Crippen LogP contribution < -0.4 is 15.8 Å².